The summed E-state index contributed by atoms with van der Waals surface area (Å²) in [5, 5.41) is 3.39. The summed E-state index contributed by atoms with van der Waals surface area (Å²) in [6.45, 7) is 4.62. The molecule has 0 radical (unpaired) electrons. The van der Waals surface area contributed by atoms with Gasteiger partial charge in [0.2, 0.25) is 5.91 Å². The molecular weight excluding hydrogens is 276 g/mol. The quantitative estimate of drug-likeness (QED) is 0.781. The fourth-order valence-corrected chi connectivity index (χ4v) is 3.66. The lowest BCUT2D eigenvalue weighted by molar-refractivity contribution is -0.151. The smallest absolute Gasteiger partial charge is 0.309 e. The van der Waals surface area contributed by atoms with Crippen molar-refractivity contribution in [2.75, 3.05) is 37.7 Å². The molecule has 2 heterocycles. The van der Waals surface area contributed by atoms with Gasteiger partial charge in [0, 0.05) is 43.6 Å². The average molecular weight is 300 g/mol. The molecule has 20 heavy (non-hydrogen) atoms. The third-order valence-corrected chi connectivity index (χ3v) is 5.02. The predicted octanol–water partition coefficient (Wildman–Crippen LogP) is 0.883. The number of hydrogen-bond acceptors (Lipinski definition) is 5. The number of nitrogens with one attached hydrogen (secondary N) is 1. The number of hydrogen-bond donors (Lipinski definition) is 1. The predicted molar refractivity (Wildman–Crippen MR) is 79.7 cm³/mol. The van der Waals surface area contributed by atoms with Crippen LogP contribution < -0.4 is 5.32 Å². The summed E-state index contributed by atoms with van der Waals surface area (Å²) in [5.41, 5.74) is 0. The molecular formula is C14H24N2O3S. The summed E-state index contributed by atoms with van der Waals surface area (Å²) in [6.07, 6.45) is 2.05. The van der Waals surface area contributed by atoms with Crippen molar-refractivity contribution in [3.63, 3.8) is 0 Å². The lowest BCUT2D eigenvalue weighted by atomic mass is 9.96. The third-order valence-electron chi connectivity index (χ3n) is 3.89. The maximum absolute atomic E-state index is 12.2. The van der Waals surface area contributed by atoms with Crippen LogP contribution in [0.2, 0.25) is 0 Å². The van der Waals surface area contributed by atoms with Crippen LogP contribution in [0.5, 0.6) is 0 Å². The van der Waals surface area contributed by atoms with E-state index in [9.17, 15) is 9.59 Å². The highest BCUT2D eigenvalue weighted by Gasteiger charge is 2.29. The Morgan fingerprint density at radius 2 is 2.10 bits per heavy atom. The molecule has 5 nitrogen and oxygen atoms in total. The van der Waals surface area contributed by atoms with Gasteiger partial charge in [-0.25, -0.2) is 0 Å². The van der Waals surface area contributed by atoms with Crippen LogP contribution in [0, 0.1) is 5.92 Å². The zero-order chi connectivity index (χ0) is 14.4. The maximum Gasteiger partial charge on any atom is 0.309 e. The number of carbonyl (C=O) groups is 2. The number of rotatable bonds is 4. The van der Waals surface area contributed by atoms with E-state index in [2.05, 4.69) is 5.32 Å². The molecule has 0 aliphatic carbocycles. The van der Waals surface area contributed by atoms with Crippen LogP contribution in [0.1, 0.15) is 26.2 Å². The van der Waals surface area contributed by atoms with Crippen molar-refractivity contribution in [3.8, 4) is 0 Å². The normalized spacial score (nSPS) is 24.4. The first-order chi connectivity index (χ1) is 9.70. The molecule has 2 aliphatic heterocycles. The Bertz CT molecular complexity index is 337. The Hall–Kier alpha value is -0.750. The molecule has 0 aromatic carbocycles. The molecule has 114 valence electrons. The topological polar surface area (TPSA) is 58.6 Å². The standard InChI is InChI=1S/C14H24N2O3S/c1-2-19-14(18)11-3-6-16(7-4-11)13(17)9-12-10-20-8-5-15-12/h11-12,15H,2-10H2,1H3. The van der Waals surface area contributed by atoms with E-state index in [1.807, 2.05) is 23.6 Å². The Morgan fingerprint density at radius 1 is 1.35 bits per heavy atom. The first-order valence-electron chi connectivity index (χ1n) is 7.46. The fourth-order valence-electron chi connectivity index (χ4n) is 2.72. The van der Waals surface area contributed by atoms with E-state index in [1.54, 1.807) is 0 Å². The van der Waals surface area contributed by atoms with Crippen molar-refractivity contribution in [3.05, 3.63) is 0 Å². The first-order valence-corrected chi connectivity index (χ1v) is 8.61. The van der Waals surface area contributed by atoms with Gasteiger partial charge in [-0.1, -0.05) is 0 Å². The van der Waals surface area contributed by atoms with Gasteiger partial charge in [-0.05, 0) is 19.8 Å². The summed E-state index contributed by atoms with van der Waals surface area (Å²) in [6, 6.07) is 0.309. The molecule has 1 N–H and O–H groups in total. The Kier molecular flexibility index (Phi) is 6.16. The number of thioether (sulfide) groups is 1. The van der Waals surface area contributed by atoms with E-state index in [-0.39, 0.29) is 17.8 Å². The Labute approximate surface area is 124 Å². The van der Waals surface area contributed by atoms with Crippen LogP contribution in [-0.4, -0.2) is 60.6 Å². The number of amides is 1. The van der Waals surface area contributed by atoms with Crippen molar-refractivity contribution in [2.45, 2.75) is 32.2 Å². The summed E-state index contributed by atoms with van der Waals surface area (Å²) in [7, 11) is 0. The van der Waals surface area contributed by atoms with Gasteiger partial charge >= 0.3 is 5.97 Å². The van der Waals surface area contributed by atoms with E-state index in [1.165, 1.54) is 0 Å². The third kappa shape index (κ3) is 4.38. The van der Waals surface area contributed by atoms with Gasteiger partial charge in [-0.2, -0.15) is 11.8 Å². The fraction of sp³-hybridized carbons (Fsp3) is 0.857. The lowest BCUT2D eigenvalue weighted by Crippen LogP contribution is -2.45. The molecule has 2 aliphatic rings. The molecule has 0 bridgehead atoms. The van der Waals surface area contributed by atoms with E-state index in [4.69, 9.17) is 4.74 Å². The summed E-state index contributed by atoms with van der Waals surface area (Å²) in [4.78, 5) is 25.8. The van der Waals surface area contributed by atoms with E-state index >= 15 is 0 Å². The van der Waals surface area contributed by atoms with Gasteiger partial charge in [0.1, 0.15) is 0 Å². The number of carbonyl (C=O) groups excluding carboxylic acids is 2. The van der Waals surface area contributed by atoms with Crippen LogP contribution in [0.3, 0.4) is 0 Å². The molecule has 6 heteroatoms. The average Bonchev–Trinajstić information content (AvgIpc) is 2.48. The van der Waals surface area contributed by atoms with Gasteiger partial charge in [-0.15, -0.1) is 0 Å². The molecule has 2 fully saturated rings. The molecule has 2 saturated heterocycles. The SMILES string of the molecule is CCOC(=O)C1CCN(C(=O)CC2CSCCN2)CC1. The molecule has 0 aromatic heterocycles. The molecule has 0 saturated carbocycles. The summed E-state index contributed by atoms with van der Waals surface area (Å²) >= 11 is 1.91. The zero-order valence-electron chi connectivity index (χ0n) is 12.1. The number of ether oxygens (including phenoxy) is 1. The van der Waals surface area contributed by atoms with Crippen molar-refractivity contribution >= 4 is 23.6 Å². The minimum atomic E-state index is -0.107. The van der Waals surface area contributed by atoms with Crippen LogP contribution in [-0.2, 0) is 14.3 Å². The van der Waals surface area contributed by atoms with Crippen molar-refractivity contribution < 1.29 is 14.3 Å². The monoisotopic (exact) mass is 300 g/mol. The number of nitrogens with zero attached hydrogens (tertiary/aromatic N) is 1. The van der Waals surface area contributed by atoms with Gasteiger partial charge in [0.05, 0.1) is 12.5 Å². The zero-order valence-corrected chi connectivity index (χ0v) is 12.9. The van der Waals surface area contributed by atoms with Crippen molar-refractivity contribution in [2.24, 2.45) is 5.92 Å². The molecule has 1 unspecified atom stereocenters. The van der Waals surface area contributed by atoms with E-state index in [0.29, 0.717) is 32.2 Å². The van der Waals surface area contributed by atoms with Crippen LogP contribution in [0.4, 0.5) is 0 Å². The van der Waals surface area contributed by atoms with Gasteiger partial charge in [0.15, 0.2) is 0 Å². The second-order valence-electron chi connectivity index (χ2n) is 5.34. The lowest BCUT2D eigenvalue weighted by Gasteiger charge is -2.32. The number of likely N-dealkylation sites (tertiary alicyclic amines) is 1. The Morgan fingerprint density at radius 3 is 2.70 bits per heavy atom. The molecule has 2 rings (SSSR count). The summed E-state index contributed by atoms with van der Waals surface area (Å²) < 4.78 is 5.04. The second kappa shape index (κ2) is 7.88. The second-order valence-corrected chi connectivity index (χ2v) is 6.49. The highest BCUT2D eigenvalue weighted by atomic mass is 32.2. The molecule has 0 aromatic rings. The molecule has 1 amide bonds. The van der Waals surface area contributed by atoms with E-state index in [0.717, 1.165) is 30.9 Å². The first kappa shape index (κ1) is 15.6. The highest BCUT2D eigenvalue weighted by Crippen LogP contribution is 2.20. The van der Waals surface area contributed by atoms with Gasteiger partial charge in [-0.3, -0.25) is 9.59 Å². The summed E-state index contributed by atoms with van der Waals surface area (Å²) in [5.74, 6) is 2.24. The maximum atomic E-state index is 12.2. The Balaban J connectivity index is 1.72. The highest BCUT2D eigenvalue weighted by molar-refractivity contribution is 7.99. The minimum Gasteiger partial charge on any atom is -0.466 e. The van der Waals surface area contributed by atoms with Crippen molar-refractivity contribution in [1.29, 1.82) is 0 Å². The van der Waals surface area contributed by atoms with Crippen LogP contribution in [0.25, 0.3) is 0 Å². The minimum absolute atomic E-state index is 0.0256. The van der Waals surface area contributed by atoms with E-state index < -0.39 is 0 Å². The van der Waals surface area contributed by atoms with Crippen molar-refractivity contribution in [1.82, 2.24) is 10.2 Å². The van der Waals surface area contributed by atoms with Gasteiger partial charge in [0.25, 0.3) is 0 Å². The largest absolute Gasteiger partial charge is 0.466 e. The van der Waals surface area contributed by atoms with Crippen LogP contribution in [0.15, 0.2) is 0 Å². The molecule has 0 spiro atoms. The van der Waals surface area contributed by atoms with Crippen LogP contribution >= 0.6 is 11.8 Å². The molecule has 1 atom stereocenters. The number of esters is 1. The number of piperidine rings is 1. The van der Waals surface area contributed by atoms with Gasteiger partial charge < -0.3 is 15.0 Å².